The first-order chi connectivity index (χ1) is 14.0. The van der Waals surface area contributed by atoms with Crippen LogP contribution in [-0.4, -0.2) is 24.9 Å². The second kappa shape index (κ2) is 9.20. The van der Waals surface area contributed by atoms with Crippen molar-refractivity contribution in [3.63, 3.8) is 0 Å². The van der Waals surface area contributed by atoms with Gasteiger partial charge in [-0.2, -0.15) is 5.26 Å². The average molecular weight is 387 g/mol. The number of amides is 2. The quantitative estimate of drug-likeness (QED) is 0.581. The van der Waals surface area contributed by atoms with Gasteiger partial charge in [-0.3, -0.25) is 9.59 Å². The Labute approximate surface area is 171 Å². The number of hydrogen-bond acceptors (Lipinski definition) is 3. The van der Waals surface area contributed by atoms with Crippen molar-refractivity contribution in [3.8, 4) is 6.07 Å². The van der Waals surface area contributed by atoms with E-state index in [1.807, 2.05) is 54.6 Å². The number of nitriles is 1. The summed E-state index contributed by atoms with van der Waals surface area (Å²) in [5.41, 5.74) is 2.58. The van der Waals surface area contributed by atoms with Gasteiger partial charge in [0.1, 0.15) is 11.6 Å². The molecule has 2 aromatic rings. The number of para-hydroxylation sites is 1. The zero-order valence-corrected chi connectivity index (χ0v) is 16.8. The Morgan fingerprint density at radius 3 is 2.48 bits per heavy atom. The van der Waals surface area contributed by atoms with Crippen molar-refractivity contribution in [2.24, 2.45) is 5.92 Å². The second-order valence-corrected chi connectivity index (χ2v) is 7.51. The summed E-state index contributed by atoms with van der Waals surface area (Å²) < 4.78 is 0. The van der Waals surface area contributed by atoms with Gasteiger partial charge < -0.3 is 10.2 Å². The molecule has 0 saturated heterocycles. The van der Waals surface area contributed by atoms with Crippen molar-refractivity contribution < 1.29 is 9.59 Å². The number of rotatable bonds is 7. The fourth-order valence-electron chi connectivity index (χ4n) is 3.40. The van der Waals surface area contributed by atoms with E-state index >= 15 is 0 Å². The monoisotopic (exact) mass is 387 g/mol. The summed E-state index contributed by atoms with van der Waals surface area (Å²) >= 11 is 0. The van der Waals surface area contributed by atoms with Gasteiger partial charge >= 0.3 is 0 Å². The Kier molecular flexibility index (Phi) is 6.46. The van der Waals surface area contributed by atoms with Crippen molar-refractivity contribution in [1.29, 1.82) is 5.26 Å². The fraction of sp³-hybridized carbons (Fsp3) is 0.292. The highest BCUT2D eigenvalue weighted by atomic mass is 16.2. The molecule has 0 saturated carbocycles. The van der Waals surface area contributed by atoms with Crippen LogP contribution in [0.15, 0.2) is 60.2 Å². The molecule has 1 N–H and O–H groups in total. The number of anilines is 1. The number of nitrogens with one attached hydrogen (secondary N) is 1. The summed E-state index contributed by atoms with van der Waals surface area (Å²) in [7, 11) is 0. The lowest BCUT2D eigenvalue weighted by molar-refractivity contribution is -0.117. The molecular weight excluding hydrogens is 362 g/mol. The van der Waals surface area contributed by atoms with Gasteiger partial charge in [0.15, 0.2) is 0 Å². The zero-order valence-electron chi connectivity index (χ0n) is 16.8. The molecule has 0 aliphatic carbocycles. The van der Waals surface area contributed by atoms with Crippen molar-refractivity contribution in [1.82, 2.24) is 5.32 Å². The summed E-state index contributed by atoms with van der Waals surface area (Å²) in [4.78, 5) is 27.5. The maximum Gasteiger partial charge on any atom is 0.262 e. The molecule has 5 heteroatoms. The van der Waals surface area contributed by atoms with Crippen molar-refractivity contribution in [3.05, 3.63) is 71.3 Å². The van der Waals surface area contributed by atoms with Crippen molar-refractivity contribution in [2.45, 2.75) is 26.7 Å². The summed E-state index contributed by atoms with van der Waals surface area (Å²) in [5.74, 6) is -0.339. The minimum Gasteiger partial charge on any atom is -0.351 e. The Bertz CT molecular complexity index is 971. The third kappa shape index (κ3) is 4.55. The summed E-state index contributed by atoms with van der Waals surface area (Å²) in [6, 6.07) is 19.1. The standard InChI is InChI=1S/C24H25N3O2/c1-17(2)13-15-27-21-11-7-6-10-19(21)22(24(27)29)20(16-25)23(28)26-14-12-18-8-4-3-5-9-18/h3-11,17H,12-15H2,1-2H3,(H,26,28). The molecule has 29 heavy (non-hydrogen) atoms. The van der Waals surface area contributed by atoms with Crippen LogP contribution in [0.1, 0.15) is 31.4 Å². The highest BCUT2D eigenvalue weighted by Gasteiger charge is 2.36. The van der Waals surface area contributed by atoms with E-state index in [2.05, 4.69) is 19.2 Å². The number of nitrogens with zero attached hydrogens (tertiary/aromatic N) is 2. The molecule has 0 bridgehead atoms. The van der Waals surface area contributed by atoms with E-state index in [1.165, 1.54) is 0 Å². The molecule has 0 fully saturated rings. The summed E-state index contributed by atoms with van der Waals surface area (Å²) in [5, 5.41) is 12.5. The molecule has 2 aromatic carbocycles. The normalized spacial score (nSPS) is 14.6. The predicted octanol–water partition coefficient (Wildman–Crippen LogP) is 3.72. The van der Waals surface area contributed by atoms with Gasteiger partial charge in [-0.05, 0) is 30.4 Å². The van der Waals surface area contributed by atoms with Crippen molar-refractivity contribution in [2.75, 3.05) is 18.0 Å². The zero-order chi connectivity index (χ0) is 20.8. The lowest BCUT2D eigenvalue weighted by Gasteiger charge is -2.18. The largest absolute Gasteiger partial charge is 0.351 e. The van der Waals surface area contributed by atoms with Crippen LogP contribution in [-0.2, 0) is 16.0 Å². The first-order valence-corrected chi connectivity index (χ1v) is 9.90. The van der Waals surface area contributed by atoms with Gasteiger partial charge in [0.05, 0.1) is 11.3 Å². The lowest BCUT2D eigenvalue weighted by Crippen LogP contribution is -2.31. The topological polar surface area (TPSA) is 73.2 Å². The van der Waals surface area contributed by atoms with E-state index in [-0.39, 0.29) is 17.1 Å². The van der Waals surface area contributed by atoms with Crippen LogP contribution in [0, 0.1) is 17.2 Å². The molecule has 5 nitrogen and oxygen atoms in total. The van der Waals surface area contributed by atoms with Crippen LogP contribution in [0.5, 0.6) is 0 Å². The van der Waals surface area contributed by atoms with Crippen LogP contribution in [0.2, 0.25) is 0 Å². The Morgan fingerprint density at radius 2 is 1.79 bits per heavy atom. The summed E-state index contributed by atoms with van der Waals surface area (Å²) in [6.45, 7) is 5.16. The van der Waals surface area contributed by atoms with Gasteiger partial charge in [0, 0.05) is 18.7 Å². The molecule has 1 aliphatic heterocycles. The SMILES string of the molecule is CC(C)CCN1C(=O)C(=C(C#N)C(=O)NCCc2ccccc2)c2ccccc21. The molecular formula is C24H25N3O2. The minimum atomic E-state index is -0.507. The van der Waals surface area contributed by atoms with E-state index < -0.39 is 5.91 Å². The number of benzene rings is 2. The molecule has 1 aliphatic rings. The lowest BCUT2D eigenvalue weighted by atomic mass is 10.0. The average Bonchev–Trinajstić information content (AvgIpc) is 2.99. The molecule has 0 unspecified atom stereocenters. The van der Waals surface area contributed by atoms with Gasteiger partial charge in [-0.1, -0.05) is 62.4 Å². The number of hydrogen-bond donors (Lipinski definition) is 1. The minimum absolute atomic E-state index is 0.123. The molecule has 1 heterocycles. The van der Waals surface area contributed by atoms with E-state index in [0.29, 0.717) is 31.0 Å². The van der Waals surface area contributed by atoms with E-state index in [0.717, 1.165) is 17.7 Å². The van der Waals surface area contributed by atoms with Crippen LogP contribution in [0.4, 0.5) is 5.69 Å². The molecule has 0 spiro atoms. The van der Waals surface area contributed by atoms with E-state index in [1.54, 1.807) is 11.0 Å². The number of carbonyl (C=O) groups excluding carboxylic acids is 2. The Morgan fingerprint density at radius 1 is 1.10 bits per heavy atom. The Balaban J connectivity index is 1.83. The highest BCUT2D eigenvalue weighted by molar-refractivity contribution is 6.37. The molecule has 2 amide bonds. The second-order valence-electron chi connectivity index (χ2n) is 7.51. The van der Waals surface area contributed by atoms with Gasteiger partial charge in [0.2, 0.25) is 0 Å². The third-order valence-corrected chi connectivity index (χ3v) is 4.98. The van der Waals surface area contributed by atoms with E-state index in [4.69, 9.17) is 0 Å². The van der Waals surface area contributed by atoms with Gasteiger partial charge in [0.25, 0.3) is 11.8 Å². The highest BCUT2D eigenvalue weighted by Crippen LogP contribution is 2.38. The van der Waals surface area contributed by atoms with Crippen LogP contribution >= 0.6 is 0 Å². The maximum absolute atomic E-state index is 13.1. The molecule has 0 aromatic heterocycles. The first-order valence-electron chi connectivity index (χ1n) is 9.90. The third-order valence-electron chi connectivity index (χ3n) is 4.98. The number of carbonyl (C=O) groups is 2. The smallest absolute Gasteiger partial charge is 0.262 e. The van der Waals surface area contributed by atoms with Gasteiger partial charge in [-0.15, -0.1) is 0 Å². The van der Waals surface area contributed by atoms with Crippen LogP contribution in [0.25, 0.3) is 5.57 Å². The molecule has 0 radical (unpaired) electrons. The maximum atomic E-state index is 13.1. The van der Waals surface area contributed by atoms with E-state index in [9.17, 15) is 14.9 Å². The number of fused-ring (bicyclic) bond motifs is 1. The van der Waals surface area contributed by atoms with Crippen molar-refractivity contribution >= 4 is 23.1 Å². The molecule has 148 valence electrons. The first kappa shape index (κ1) is 20.3. The predicted molar refractivity (Wildman–Crippen MR) is 114 cm³/mol. The summed E-state index contributed by atoms with van der Waals surface area (Å²) in [6.07, 6.45) is 1.50. The fourth-order valence-corrected chi connectivity index (χ4v) is 3.40. The van der Waals surface area contributed by atoms with Crippen LogP contribution < -0.4 is 10.2 Å². The van der Waals surface area contributed by atoms with Gasteiger partial charge in [-0.25, -0.2) is 0 Å². The Hall–Kier alpha value is -3.39. The molecule has 0 atom stereocenters. The molecule has 3 rings (SSSR count). The van der Waals surface area contributed by atoms with Crippen LogP contribution in [0.3, 0.4) is 0 Å².